The van der Waals surface area contributed by atoms with Gasteiger partial charge in [-0.1, -0.05) is 211 Å². The minimum absolute atomic E-state index is 0.450. The number of benzene rings is 11. The third kappa shape index (κ3) is 6.64. The maximum absolute atomic E-state index is 2.58. The highest BCUT2D eigenvalue weighted by Crippen LogP contribution is 2.58. The van der Waals surface area contributed by atoms with Crippen LogP contribution in [0.25, 0.3) is 76.9 Å². The molecule has 0 amide bonds. The zero-order valence-corrected chi connectivity index (χ0v) is 41.1. The summed E-state index contributed by atoms with van der Waals surface area (Å²) in [4.78, 5) is 2.41. The molecule has 1 aromatic heterocycles. The standard InChI is InChI=1S/C71H52N2/c1-47-33-38-52(39-34-47)72(53-40-35-48(2)36-41-53)66-32-18-16-29-61(66)56-25-11-12-26-57(56)63-46-68-70(62-30-14-13-27-58(62)63)69-55-24-10-9-19-49(55)37-44-67(69)73(68)54-42-43-60-59-28-15-17-31-64(59)71(65(60)45-54,50-20-5-3-6-21-50)51-22-7-4-8-23-51/h3-16,18-30,32-46H,17,31H2,1-2H3. The monoisotopic (exact) mass is 932 g/mol. The Labute approximate surface area is 427 Å². The molecule has 0 unspecified atom stereocenters. The highest BCUT2D eigenvalue weighted by molar-refractivity contribution is 6.30. The van der Waals surface area contributed by atoms with Gasteiger partial charge in [-0.15, -0.1) is 0 Å². The highest BCUT2D eigenvalue weighted by atomic mass is 15.1. The minimum Gasteiger partial charge on any atom is -0.310 e. The first-order chi connectivity index (χ1) is 36.1. The number of nitrogens with zero attached hydrogens (tertiary/aromatic N) is 2. The van der Waals surface area contributed by atoms with Gasteiger partial charge < -0.3 is 9.47 Å². The second-order valence-corrected chi connectivity index (χ2v) is 20.0. The maximum Gasteiger partial charge on any atom is 0.0677 e. The Balaban J connectivity index is 1.06. The number of hydrogen-bond acceptors (Lipinski definition) is 1. The van der Waals surface area contributed by atoms with Crippen LogP contribution in [0.15, 0.2) is 260 Å². The predicted molar refractivity (Wildman–Crippen MR) is 309 cm³/mol. The number of rotatable bonds is 8. The zero-order valence-electron chi connectivity index (χ0n) is 41.1. The molecule has 346 valence electrons. The number of fused-ring (bicyclic) bond motifs is 9. The van der Waals surface area contributed by atoms with Gasteiger partial charge in [0.1, 0.15) is 0 Å². The van der Waals surface area contributed by atoms with Crippen molar-refractivity contribution in [2.45, 2.75) is 32.1 Å². The average molecular weight is 933 g/mol. The fourth-order valence-electron chi connectivity index (χ4n) is 12.7. The highest BCUT2D eigenvalue weighted by Gasteiger charge is 2.47. The second kappa shape index (κ2) is 17.1. The number of aromatic nitrogens is 1. The lowest BCUT2D eigenvalue weighted by atomic mass is 9.65. The fourth-order valence-corrected chi connectivity index (χ4v) is 12.7. The second-order valence-electron chi connectivity index (χ2n) is 20.0. The van der Waals surface area contributed by atoms with Crippen LogP contribution in [0.5, 0.6) is 0 Å². The van der Waals surface area contributed by atoms with Gasteiger partial charge in [0.15, 0.2) is 0 Å². The van der Waals surface area contributed by atoms with Gasteiger partial charge >= 0.3 is 0 Å². The summed E-state index contributed by atoms with van der Waals surface area (Å²) in [5.41, 5.74) is 21.8. The van der Waals surface area contributed by atoms with Crippen molar-refractivity contribution in [3.63, 3.8) is 0 Å². The molecule has 2 aliphatic carbocycles. The Bertz CT molecular complexity index is 4110. The first kappa shape index (κ1) is 42.9. The lowest BCUT2D eigenvalue weighted by Crippen LogP contribution is -2.30. The zero-order chi connectivity index (χ0) is 48.6. The molecule has 0 radical (unpaired) electrons. The topological polar surface area (TPSA) is 8.17 Å². The smallest absolute Gasteiger partial charge is 0.0677 e. The summed E-state index contributed by atoms with van der Waals surface area (Å²) in [6, 6.07) is 90.9. The fraction of sp³-hybridized carbons (Fsp3) is 0.0704. The average Bonchev–Trinajstić information content (AvgIpc) is 4.02. The van der Waals surface area contributed by atoms with Gasteiger partial charge in [-0.25, -0.2) is 0 Å². The van der Waals surface area contributed by atoms with E-state index in [1.54, 1.807) is 0 Å². The van der Waals surface area contributed by atoms with Crippen LogP contribution in [0.1, 0.15) is 46.2 Å². The Morgan fingerprint density at radius 3 is 1.67 bits per heavy atom. The van der Waals surface area contributed by atoms with Crippen molar-refractivity contribution in [1.29, 1.82) is 0 Å². The quantitative estimate of drug-likeness (QED) is 0.147. The molecule has 0 N–H and O–H groups in total. The van der Waals surface area contributed by atoms with Gasteiger partial charge in [0, 0.05) is 33.4 Å². The van der Waals surface area contributed by atoms with E-state index in [9.17, 15) is 0 Å². The van der Waals surface area contributed by atoms with Crippen LogP contribution in [0.4, 0.5) is 17.1 Å². The van der Waals surface area contributed by atoms with Crippen LogP contribution in [-0.2, 0) is 5.41 Å². The Kier molecular flexibility index (Phi) is 10.0. The summed E-state index contributed by atoms with van der Waals surface area (Å²) < 4.78 is 2.58. The summed E-state index contributed by atoms with van der Waals surface area (Å²) in [5.74, 6) is 0. The molecule has 11 aromatic carbocycles. The van der Waals surface area contributed by atoms with E-state index in [0.717, 1.165) is 41.2 Å². The van der Waals surface area contributed by atoms with E-state index in [4.69, 9.17) is 0 Å². The molecule has 2 aliphatic rings. The van der Waals surface area contributed by atoms with Crippen molar-refractivity contribution in [3.05, 3.63) is 294 Å². The van der Waals surface area contributed by atoms with Gasteiger partial charge in [-0.3, -0.25) is 0 Å². The first-order valence-electron chi connectivity index (χ1n) is 25.7. The van der Waals surface area contributed by atoms with Gasteiger partial charge in [0.25, 0.3) is 0 Å². The molecule has 12 aromatic rings. The molecular weight excluding hydrogens is 881 g/mol. The molecule has 0 atom stereocenters. The molecule has 2 nitrogen and oxygen atoms in total. The molecule has 2 heteroatoms. The molecule has 0 fully saturated rings. The van der Waals surface area contributed by atoms with E-state index in [-0.39, 0.29) is 0 Å². The van der Waals surface area contributed by atoms with Crippen molar-refractivity contribution >= 4 is 66.0 Å². The molecule has 0 spiro atoms. The van der Waals surface area contributed by atoms with Crippen LogP contribution in [0, 0.1) is 13.8 Å². The van der Waals surface area contributed by atoms with Crippen molar-refractivity contribution in [3.8, 4) is 27.9 Å². The van der Waals surface area contributed by atoms with E-state index in [0.29, 0.717) is 0 Å². The molecule has 0 saturated heterocycles. The van der Waals surface area contributed by atoms with Gasteiger partial charge in [0.05, 0.1) is 22.1 Å². The normalized spacial score (nSPS) is 13.8. The van der Waals surface area contributed by atoms with E-state index < -0.39 is 5.41 Å². The number of para-hydroxylation sites is 1. The minimum atomic E-state index is -0.450. The summed E-state index contributed by atoms with van der Waals surface area (Å²) in [6.45, 7) is 4.31. The van der Waals surface area contributed by atoms with Crippen molar-refractivity contribution in [1.82, 2.24) is 4.57 Å². The lowest BCUT2D eigenvalue weighted by Gasteiger charge is -2.36. The van der Waals surface area contributed by atoms with E-state index in [1.165, 1.54) is 105 Å². The third-order valence-electron chi connectivity index (χ3n) is 15.9. The first-order valence-corrected chi connectivity index (χ1v) is 25.7. The van der Waals surface area contributed by atoms with E-state index in [1.807, 2.05) is 0 Å². The largest absolute Gasteiger partial charge is 0.310 e. The van der Waals surface area contributed by atoms with Gasteiger partial charge in [-0.05, 0) is 153 Å². The molecule has 0 aliphatic heterocycles. The molecule has 14 rings (SSSR count). The Hall–Kier alpha value is -8.98. The van der Waals surface area contributed by atoms with Crippen LogP contribution in [0.2, 0.25) is 0 Å². The molecule has 1 heterocycles. The van der Waals surface area contributed by atoms with Crippen LogP contribution >= 0.6 is 0 Å². The van der Waals surface area contributed by atoms with Crippen molar-refractivity contribution < 1.29 is 0 Å². The Morgan fingerprint density at radius 2 is 0.986 bits per heavy atom. The van der Waals surface area contributed by atoms with Crippen molar-refractivity contribution in [2.75, 3.05) is 4.90 Å². The summed E-state index contributed by atoms with van der Waals surface area (Å²) >= 11 is 0. The lowest BCUT2D eigenvalue weighted by molar-refractivity contribution is 0.696. The Morgan fingerprint density at radius 1 is 0.425 bits per heavy atom. The third-order valence-corrected chi connectivity index (χ3v) is 15.9. The number of hydrogen-bond donors (Lipinski definition) is 0. The number of anilines is 3. The summed E-state index contributed by atoms with van der Waals surface area (Å²) in [7, 11) is 0. The van der Waals surface area contributed by atoms with E-state index >= 15 is 0 Å². The van der Waals surface area contributed by atoms with Crippen LogP contribution < -0.4 is 4.90 Å². The van der Waals surface area contributed by atoms with Crippen LogP contribution in [-0.4, -0.2) is 4.57 Å². The number of aryl methyl sites for hydroxylation is 2. The predicted octanol–water partition coefficient (Wildman–Crippen LogP) is 19.0. The molecule has 73 heavy (non-hydrogen) atoms. The maximum atomic E-state index is 2.58. The van der Waals surface area contributed by atoms with Gasteiger partial charge in [-0.2, -0.15) is 0 Å². The summed E-state index contributed by atoms with van der Waals surface area (Å²) in [5, 5.41) is 7.51. The van der Waals surface area contributed by atoms with Crippen LogP contribution in [0.3, 0.4) is 0 Å². The number of allylic oxidation sites excluding steroid dienone is 4. The van der Waals surface area contributed by atoms with Gasteiger partial charge in [0.2, 0.25) is 0 Å². The molecular formula is C71H52N2. The SMILES string of the molecule is Cc1ccc(N(c2ccc(C)cc2)c2ccccc2-c2ccccc2-c2cc3c(c4ccccc24)c2c4ccccc4ccc2n3-c2ccc3c(c2)C(c2ccccc2)(c2ccccc2)C2=C3C=CCC2)cc1. The van der Waals surface area contributed by atoms with E-state index in [2.05, 4.69) is 278 Å². The van der Waals surface area contributed by atoms with Crippen molar-refractivity contribution in [2.24, 2.45) is 0 Å². The molecule has 0 saturated carbocycles. The summed E-state index contributed by atoms with van der Waals surface area (Å²) in [6.07, 6.45) is 6.80. The molecule has 0 bridgehead atoms.